The molecule has 0 aliphatic carbocycles. The molecule has 0 bridgehead atoms. The average molecular weight is 460 g/mol. The van der Waals surface area contributed by atoms with E-state index < -0.39 is 0 Å². The van der Waals surface area contributed by atoms with Crippen molar-refractivity contribution in [2.45, 2.75) is 13.1 Å². The second-order valence-corrected chi connectivity index (χ2v) is 8.16. The third kappa shape index (κ3) is 4.37. The van der Waals surface area contributed by atoms with Gasteiger partial charge in [-0.15, -0.1) is 10.2 Å². The van der Waals surface area contributed by atoms with Crippen LogP contribution in [0.25, 0.3) is 33.6 Å². The van der Waals surface area contributed by atoms with E-state index in [0.29, 0.717) is 24.9 Å². The number of aromatic nitrogens is 6. The minimum atomic E-state index is 0.572. The molecule has 0 saturated carbocycles. The molecule has 0 atom stereocenters. The molecule has 0 amide bonds. The summed E-state index contributed by atoms with van der Waals surface area (Å²) in [6.45, 7) is 1.26. The molecular weight excluding hydrogens is 438 g/mol. The van der Waals surface area contributed by atoms with Gasteiger partial charge < -0.3 is 9.32 Å². The Labute approximate surface area is 201 Å². The number of hydrogen-bond donors (Lipinski definition) is 1. The van der Waals surface area contributed by atoms with Gasteiger partial charge in [0.25, 0.3) is 6.01 Å². The summed E-state index contributed by atoms with van der Waals surface area (Å²) >= 11 is 0. The zero-order valence-electron chi connectivity index (χ0n) is 18.7. The van der Waals surface area contributed by atoms with Crippen LogP contribution in [-0.4, -0.2) is 30.6 Å². The van der Waals surface area contributed by atoms with Gasteiger partial charge in [0.1, 0.15) is 5.52 Å². The molecule has 0 fully saturated rings. The number of nitrogens with one attached hydrogen (secondary N) is 1. The molecule has 3 aromatic carbocycles. The lowest BCUT2D eigenvalue weighted by Crippen LogP contribution is -2.22. The lowest BCUT2D eigenvalue weighted by atomic mass is 9.98. The minimum Gasteiger partial charge on any atom is -0.423 e. The van der Waals surface area contributed by atoms with Gasteiger partial charge in [-0.1, -0.05) is 66.7 Å². The number of oxazole rings is 1. The highest BCUT2D eigenvalue weighted by Crippen LogP contribution is 2.30. The van der Waals surface area contributed by atoms with Gasteiger partial charge in [-0.05, 0) is 45.7 Å². The largest absolute Gasteiger partial charge is 0.423 e. The quantitative estimate of drug-likeness (QED) is 0.347. The molecule has 6 rings (SSSR count). The van der Waals surface area contributed by atoms with Crippen LogP contribution in [0, 0.1) is 0 Å². The Morgan fingerprint density at radius 2 is 1.57 bits per heavy atom. The molecule has 0 unspecified atom stereocenters. The van der Waals surface area contributed by atoms with Crippen LogP contribution in [0.1, 0.15) is 11.1 Å². The molecule has 0 aliphatic rings. The van der Waals surface area contributed by atoms with E-state index in [4.69, 9.17) is 9.40 Å². The number of pyridine rings is 1. The van der Waals surface area contributed by atoms with Crippen LogP contribution >= 0.6 is 0 Å². The fraction of sp³-hybridized carbons (Fsp3) is 0.0741. The van der Waals surface area contributed by atoms with Gasteiger partial charge in [0, 0.05) is 31.0 Å². The maximum Gasteiger partial charge on any atom is 0.298 e. The number of nitrogens with zero attached hydrogens (tertiary/aromatic N) is 6. The predicted octanol–water partition coefficient (Wildman–Crippen LogP) is 5.28. The van der Waals surface area contributed by atoms with E-state index in [2.05, 4.69) is 66.9 Å². The highest BCUT2D eigenvalue weighted by molar-refractivity contribution is 5.80. The number of tetrazole rings is 1. The monoisotopic (exact) mass is 459 g/mol. The maximum absolute atomic E-state index is 6.10. The number of benzene rings is 3. The van der Waals surface area contributed by atoms with Crippen molar-refractivity contribution in [2.24, 2.45) is 0 Å². The van der Waals surface area contributed by atoms with Gasteiger partial charge in [0.05, 0.1) is 0 Å². The summed E-state index contributed by atoms with van der Waals surface area (Å²) < 4.78 is 6.10. The van der Waals surface area contributed by atoms with Crippen molar-refractivity contribution >= 4 is 17.1 Å². The summed E-state index contributed by atoms with van der Waals surface area (Å²) in [6.07, 6.45) is 3.64. The third-order valence-electron chi connectivity index (χ3n) is 5.80. The number of anilines is 1. The molecule has 0 aliphatic heterocycles. The minimum absolute atomic E-state index is 0.572. The third-order valence-corrected chi connectivity index (χ3v) is 5.80. The van der Waals surface area contributed by atoms with Crippen molar-refractivity contribution < 1.29 is 4.42 Å². The lowest BCUT2D eigenvalue weighted by Gasteiger charge is -2.21. The second kappa shape index (κ2) is 9.18. The number of rotatable bonds is 7. The van der Waals surface area contributed by atoms with Crippen LogP contribution in [0.15, 0.2) is 102 Å². The molecule has 3 aromatic heterocycles. The first-order valence-electron chi connectivity index (χ1n) is 11.2. The molecule has 0 spiro atoms. The molecule has 0 radical (unpaired) electrons. The van der Waals surface area contributed by atoms with E-state index >= 15 is 0 Å². The SMILES string of the molecule is c1cncc(CN(Cc2ccc(-c3ccccc3-c3nn[nH]n3)cc2)c2nc3ccccc3o2)c1. The van der Waals surface area contributed by atoms with Gasteiger partial charge in [-0.2, -0.15) is 10.2 Å². The van der Waals surface area contributed by atoms with Gasteiger partial charge in [-0.3, -0.25) is 4.98 Å². The smallest absolute Gasteiger partial charge is 0.298 e. The number of hydrogen-bond acceptors (Lipinski definition) is 7. The van der Waals surface area contributed by atoms with Crippen molar-refractivity contribution in [3.8, 4) is 22.5 Å². The maximum atomic E-state index is 6.10. The standard InChI is InChI=1S/C27H21N7O/c1-2-8-23(26-30-32-33-31-26)22(7-1)21-13-11-19(12-14-21)17-34(18-20-6-5-15-28-16-20)27-29-24-9-3-4-10-25(24)35-27/h1-16H,17-18H2,(H,30,31,32,33). The first-order chi connectivity index (χ1) is 17.3. The number of para-hydroxylation sites is 2. The first kappa shape index (κ1) is 20.7. The van der Waals surface area contributed by atoms with Gasteiger partial charge >= 0.3 is 0 Å². The summed E-state index contributed by atoms with van der Waals surface area (Å²) in [7, 11) is 0. The normalized spacial score (nSPS) is 11.1. The Kier molecular flexibility index (Phi) is 5.44. The molecule has 1 N–H and O–H groups in total. The van der Waals surface area contributed by atoms with Crippen LogP contribution in [0.5, 0.6) is 0 Å². The molecule has 0 saturated heterocycles. The molecule has 170 valence electrons. The zero-order chi connectivity index (χ0) is 23.5. The molecule has 8 heteroatoms. The molecular formula is C27H21N7O. The molecule has 6 aromatic rings. The van der Waals surface area contributed by atoms with Crippen molar-refractivity contribution in [1.82, 2.24) is 30.6 Å². The van der Waals surface area contributed by atoms with Gasteiger partial charge in [0.2, 0.25) is 5.82 Å². The van der Waals surface area contributed by atoms with E-state index in [1.165, 1.54) is 0 Å². The first-order valence-corrected chi connectivity index (χ1v) is 11.2. The molecule has 35 heavy (non-hydrogen) atoms. The van der Waals surface area contributed by atoms with Crippen LogP contribution in [0.2, 0.25) is 0 Å². The molecule has 3 heterocycles. The highest BCUT2D eigenvalue weighted by Gasteiger charge is 2.16. The lowest BCUT2D eigenvalue weighted by molar-refractivity contribution is 0.562. The Morgan fingerprint density at radius 1 is 0.771 bits per heavy atom. The number of aromatic amines is 1. The van der Waals surface area contributed by atoms with E-state index in [-0.39, 0.29) is 0 Å². The Bertz CT molecular complexity index is 1510. The van der Waals surface area contributed by atoms with Crippen LogP contribution < -0.4 is 4.90 Å². The number of fused-ring (bicyclic) bond motifs is 1. The average Bonchev–Trinajstić information content (AvgIpc) is 3.60. The Hall–Kier alpha value is -4.85. The summed E-state index contributed by atoms with van der Waals surface area (Å²) in [6, 6.07) is 28.9. The predicted molar refractivity (Wildman–Crippen MR) is 133 cm³/mol. The van der Waals surface area contributed by atoms with E-state index in [1.807, 2.05) is 54.7 Å². The van der Waals surface area contributed by atoms with Gasteiger partial charge in [0.15, 0.2) is 5.58 Å². The highest BCUT2D eigenvalue weighted by atomic mass is 16.4. The Morgan fingerprint density at radius 3 is 2.34 bits per heavy atom. The van der Waals surface area contributed by atoms with Crippen LogP contribution in [-0.2, 0) is 13.1 Å². The molecule has 8 nitrogen and oxygen atoms in total. The van der Waals surface area contributed by atoms with E-state index in [0.717, 1.165) is 38.9 Å². The Balaban J connectivity index is 1.30. The zero-order valence-corrected chi connectivity index (χ0v) is 18.7. The van der Waals surface area contributed by atoms with E-state index in [1.54, 1.807) is 6.20 Å². The summed E-state index contributed by atoms with van der Waals surface area (Å²) in [5, 5.41) is 14.5. The topological polar surface area (TPSA) is 96.6 Å². The second-order valence-electron chi connectivity index (χ2n) is 8.16. The van der Waals surface area contributed by atoms with Crippen molar-refractivity contribution in [2.75, 3.05) is 4.90 Å². The van der Waals surface area contributed by atoms with Gasteiger partial charge in [-0.25, -0.2) is 0 Å². The van der Waals surface area contributed by atoms with Crippen LogP contribution in [0.3, 0.4) is 0 Å². The van der Waals surface area contributed by atoms with E-state index in [9.17, 15) is 0 Å². The van der Waals surface area contributed by atoms with Crippen LogP contribution in [0.4, 0.5) is 6.01 Å². The summed E-state index contributed by atoms with van der Waals surface area (Å²) in [5.41, 5.74) is 6.89. The van der Waals surface area contributed by atoms with Crippen molar-refractivity contribution in [1.29, 1.82) is 0 Å². The fourth-order valence-electron chi connectivity index (χ4n) is 4.11. The number of H-pyrrole nitrogens is 1. The van der Waals surface area contributed by atoms with Crippen molar-refractivity contribution in [3.63, 3.8) is 0 Å². The van der Waals surface area contributed by atoms with Crippen molar-refractivity contribution in [3.05, 3.63) is 108 Å². The summed E-state index contributed by atoms with van der Waals surface area (Å²) in [5.74, 6) is 0.572. The summed E-state index contributed by atoms with van der Waals surface area (Å²) in [4.78, 5) is 11.1. The fourth-order valence-corrected chi connectivity index (χ4v) is 4.11.